The average molecular weight is 337 g/mol. The first-order valence-electron chi connectivity index (χ1n) is 8.33. The van der Waals surface area contributed by atoms with Crippen LogP contribution in [0.4, 0.5) is 5.95 Å². The number of anilines is 1. The lowest BCUT2D eigenvalue weighted by Gasteiger charge is -2.20. The van der Waals surface area contributed by atoms with E-state index in [1.54, 1.807) is 10.9 Å². The van der Waals surface area contributed by atoms with E-state index < -0.39 is 0 Å². The van der Waals surface area contributed by atoms with Crippen LogP contribution in [0.15, 0.2) is 36.8 Å². The zero-order valence-corrected chi connectivity index (χ0v) is 14.0. The molecule has 0 unspecified atom stereocenters. The Hall–Kier alpha value is -2.80. The summed E-state index contributed by atoms with van der Waals surface area (Å²) in [6, 6.07) is 5.98. The van der Waals surface area contributed by atoms with Crippen LogP contribution < -0.4 is 5.32 Å². The van der Waals surface area contributed by atoms with Gasteiger partial charge in [0.15, 0.2) is 0 Å². The number of hydrogen-bond donors (Lipinski definition) is 1. The molecule has 0 radical (unpaired) electrons. The summed E-state index contributed by atoms with van der Waals surface area (Å²) in [5.41, 5.74) is 2.84. The summed E-state index contributed by atoms with van der Waals surface area (Å²) >= 11 is 0. The van der Waals surface area contributed by atoms with Gasteiger partial charge in [-0.2, -0.15) is 5.10 Å². The van der Waals surface area contributed by atoms with Gasteiger partial charge in [0, 0.05) is 49.5 Å². The van der Waals surface area contributed by atoms with Crippen LogP contribution in [0.5, 0.6) is 0 Å². The van der Waals surface area contributed by atoms with Crippen molar-refractivity contribution < 1.29 is 9.53 Å². The number of hydrogen-bond acceptors (Lipinski definition) is 5. The predicted molar refractivity (Wildman–Crippen MR) is 93.9 cm³/mol. The average Bonchev–Trinajstić information content (AvgIpc) is 3.08. The molecule has 1 aliphatic rings. The van der Waals surface area contributed by atoms with Crippen LogP contribution in [-0.4, -0.2) is 38.9 Å². The van der Waals surface area contributed by atoms with Crippen molar-refractivity contribution in [1.82, 2.24) is 19.7 Å². The number of aromatic nitrogens is 4. The Labute approximate surface area is 145 Å². The van der Waals surface area contributed by atoms with Crippen molar-refractivity contribution in [2.75, 3.05) is 18.5 Å². The molecule has 0 spiro atoms. The Bertz CT molecular complexity index is 915. The summed E-state index contributed by atoms with van der Waals surface area (Å²) in [4.78, 5) is 21.1. The maximum absolute atomic E-state index is 12.3. The van der Waals surface area contributed by atoms with E-state index in [1.807, 2.05) is 37.6 Å². The second-order valence-corrected chi connectivity index (χ2v) is 6.25. The zero-order chi connectivity index (χ0) is 17.2. The van der Waals surface area contributed by atoms with Gasteiger partial charge in [-0.3, -0.25) is 14.8 Å². The topological polar surface area (TPSA) is 81.9 Å². The van der Waals surface area contributed by atoms with Gasteiger partial charge in [0.05, 0.1) is 11.7 Å². The number of amides is 1. The number of carbonyl (C=O) groups is 1. The lowest BCUT2D eigenvalue weighted by atomic mass is 10.00. The Morgan fingerprint density at radius 1 is 1.24 bits per heavy atom. The Morgan fingerprint density at radius 2 is 2.08 bits per heavy atom. The molecule has 2 aromatic heterocycles. The molecule has 1 aromatic carbocycles. The summed E-state index contributed by atoms with van der Waals surface area (Å²) < 4.78 is 7.06. The molecule has 0 aliphatic carbocycles. The lowest BCUT2D eigenvalue weighted by Crippen LogP contribution is -2.29. The molecule has 1 aliphatic heterocycles. The first-order valence-corrected chi connectivity index (χ1v) is 8.33. The largest absolute Gasteiger partial charge is 0.381 e. The fraction of sp³-hybridized carbons (Fsp3) is 0.333. The molecule has 0 bridgehead atoms. The minimum Gasteiger partial charge on any atom is -0.381 e. The third-order valence-electron chi connectivity index (χ3n) is 4.45. The smallest absolute Gasteiger partial charge is 0.230 e. The van der Waals surface area contributed by atoms with Gasteiger partial charge in [-0.25, -0.2) is 9.97 Å². The zero-order valence-electron chi connectivity index (χ0n) is 14.0. The van der Waals surface area contributed by atoms with Crippen molar-refractivity contribution in [3.05, 3.63) is 36.8 Å². The molecule has 1 fully saturated rings. The highest BCUT2D eigenvalue weighted by Gasteiger charge is 2.22. The van der Waals surface area contributed by atoms with Crippen molar-refractivity contribution in [2.24, 2.45) is 13.0 Å². The summed E-state index contributed by atoms with van der Waals surface area (Å²) in [6.07, 6.45) is 6.98. The number of ether oxygens (including phenoxy) is 1. The summed E-state index contributed by atoms with van der Waals surface area (Å²) in [5.74, 6) is 0.271. The molecule has 0 atom stereocenters. The first kappa shape index (κ1) is 15.7. The molecule has 7 nitrogen and oxygen atoms in total. The van der Waals surface area contributed by atoms with Gasteiger partial charge in [-0.1, -0.05) is 12.1 Å². The van der Waals surface area contributed by atoms with E-state index in [4.69, 9.17) is 4.74 Å². The van der Waals surface area contributed by atoms with Gasteiger partial charge in [0.25, 0.3) is 0 Å². The molecule has 3 heterocycles. The van der Waals surface area contributed by atoms with Crippen molar-refractivity contribution in [3.8, 4) is 11.1 Å². The van der Waals surface area contributed by atoms with Gasteiger partial charge >= 0.3 is 0 Å². The van der Waals surface area contributed by atoms with Crippen LogP contribution in [0.1, 0.15) is 12.8 Å². The van der Waals surface area contributed by atoms with Crippen molar-refractivity contribution in [1.29, 1.82) is 0 Å². The quantitative estimate of drug-likeness (QED) is 0.793. The van der Waals surface area contributed by atoms with E-state index in [1.165, 1.54) is 0 Å². The molecule has 1 N–H and O–H groups in total. The number of aryl methyl sites for hydroxylation is 1. The van der Waals surface area contributed by atoms with Gasteiger partial charge in [-0.05, 0) is 24.5 Å². The standard InChI is InChI=1S/C18H19N5O2/c1-23-11-15(10-20-23)13-2-3-14-9-19-18(21-16(14)8-13)22-17(24)12-4-6-25-7-5-12/h2-3,8-12H,4-7H2,1H3,(H,19,21,22,24). The van der Waals surface area contributed by atoms with E-state index in [2.05, 4.69) is 20.4 Å². The molecular weight excluding hydrogens is 318 g/mol. The highest BCUT2D eigenvalue weighted by atomic mass is 16.5. The molecule has 0 saturated carbocycles. The Morgan fingerprint density at radius 3 is 2.84 bits per heavy atom. The maximum Gasteiger partial charge on any atom is 0.230 e. The second kappa shape index (κ2) is 6.60. The summed E-state index contributed by atoms with van der Waals surface area (Å²) in [6.45, 7) is 1.26. The Kier molecular flexibility index (Phi) is 4.15. The summed E-state index contributed by atoms with van der Waals surface area (Å²) in [5, 5.41) is 7.96. The number of benzene rings is 1. The van der Waals surface area contributed by atoms with Gasteiger partial charge in [-0.15, -0.1) is 0 Å². The third-order valence-corrected chi connectivity index (χ3v) is 4.45. The predicted octanol–water partition coefficient (Wildman–Crippen LogP) is 2.40. The molecule has 1 amide bonds. The molecule has 128 valence electrons. The number of rotatable bonds is 3. The van der Waals surface area contributed by atoms with E-state index in [-0.39, 0.29) is 11.8 Å². The van der Waals surface area contributed by atoms with Gasteiger partial charge < -0.3 is 4.74 Å². The fourth-order valence-electron chi connectivity index (χ4n) is 3.01. The van der Waals surface area contributed by atoms with Crippen LogP contribution in [0.2, 0.25) is 0 Å². The van der Waals surface area contributed by atoms with E-state index in [9.17, 15) is 4.79 Å². The van der Waals surface area contributed by atoms with E-state index in [0.717, 1.165) is 34.9 Å². The van der Waals surface area contributed by atoms with Crippen LogP contribution in [-0.2, 0) is 16.6 Å². The highest BCUT2D eigenvalue weighted by Crippen LogP contribution is 2.23. The first-order chi connectivity index (χ1) is 12.2. The number of nitrogens with one attached hydrogen (secondary N) is 1. The molecule has 25 heavy (non-hydrogen) atoms. The second-order valence-electron chi connectivity index (χ2n) is 6.25. The Balaban J connectivity index is 1.59. The lowest BCUT2D eigenvalue weighted by molar-refractivity contribution is -0.122. The number of carbonyl (C=O) groups excluding carboxylic acids is 1. The molecule has 7 heteroatoms. The van der Waals surface area contributed by atoms with Gasteiger partial charge in [0.2, 0.25) is 11.9 Å². The minimum absolute atomic E-state index is 0.0326. The van der Waals surface area contributed by atoms with E-state index >= 15 is 0 Å². The minimum atomic E-state index is -0.0361. The summed E-state index contributed by atoms with van der Waals surface area (Å²) in [7, 11) is 1.89. The van der Waals surface area contributed by atoms with Crippen LogP contribution in [0.3, 0.4) is 0 Å². The van der Waals surface area contributed by atoms with Crippen LogP contribution in [0.25, 0.3) is 22.0 Å². The van der Waals surface area contributed by atoms with Crippen molar-refractivity contribution >= 4 is 22.8 Å². The SMILES string of the molecule is Cn1cc(-c2ccc3cnc(NC(=O)C4CCOCC4)nc3c2)cn1. The van der Waals surface area contributed by atoms with Gasteiger partial charge in [0.1, 0.15) is 0 Å². The normalized spacial score (nSPS) is 15.4. The number of fused-ring (bicyclic) bond motifs is 1. The highest BCUT2D eigenvalue weighted by molar-refractivity contribution is 5.92. The number of nitrogens with zero attached hydrogens (tertiary/aromatic N) is 4. The van der Waals surface area contributed by atoms with Crippen molar-refractivity contribution in [2.45, 2.75) is 12.8 Å². The molecule has 1 saturated heterocycles. The molecular formula is C18H19N5O2. The van der Waals surface area contributed by atoms with E-state index in [0.29, 0.717) is 19.2 Å². The third kappa shape index (κ3) is 3.36. The van der Waals surface area contributed by atoms with Crippen LogP contribution >= 0.6 is 0 Å². The molecule has 4 rings (SSSR count). The monoisotopic (exact) mass is 337 g/mol. The van der Waals surface area contributed by atoms with Crippen molar-refractivity contribution in [3.63, 3.8) is 0 Å². The fourth-order valence-corrected chi connectivity index (χ4v) is 3.01. The maximum atomic E-state index is 12.3. The molecule has 3 aromatic rings. The van der Waals surface area contributed by atoms with Crippen LogP contribution in [0, 0.1) is 5.92 Å².